The van der Waals surface area contributed by atoms with Crippen molar-refractivity contribution in [3.63, 3.8) is 0 Å². The van der Waals surface area contributed by atoms with Crippen LogP contribution in [0.25, 0.3) is 21.7 Å². The Morgan fingerprint density at radius 1 is 0.815 bits per heavy atom. The van der Waals surface area contributed by atoms with E-state index < -0.39 is 0 Å². The van der Waals surface area contributed by atoms with Crippen molar-refractivity contribution in [2.75, 3.05) is 0 Å². The number of carbonyl (C=O) groups is 2. The lowest BCUT2D eigenvalue weighted by molar-refractivity contribution is -0.117. The standard InChI is InChI=1S/C24H21NO2/c1-17(26)8-7-15-25-16-22(20-12-4-5-14-23(20)25)24(27)21-13-6-10-18-9-2-3-11-19(18)21/h2-6,9-14,16H,7-8,15H2,1H3. The number of carbonyl (C=O) groups excluding carboxylic acids is 2. The Morgan fingerprint density at radius 3 is 2.33 bits per heavy atom. The van der Waals surface area contributed by atoms with Gasteiger partial charge in [-0.3, -0.25) is 4.79 Å². The summed E-state index contributed by atoms with van der Waals surface area (Å²) in [5, 5.41) is 2.99. The number of nitrogens with zero attached hydrogens (tertiary/aromatic N) is 1. The Kier molecular flexibility index (Phi) is 4.59. The molecule has 0 radical (unpaired) electrons. The van der Waals surface area contributed by atoms with Gasteiger partial charge in [-0.1, -0.05) is 60.7 Å². The van der Waals surface area contributed by atoms with E-state index in [0.717, 1.165) is 40.2 Å². The highest BCUT2D eigenvalue weighted by molar-refractivity contribution is 6.21. The third kappa shape index (κ3) is 3.28. The molecule has 3 aromatic carbocycles. The number of Topliss-reactive ketones (excluding diaryl/α,β-unsaturated/α-hetero) is 1. The van der Waals surface area contributed by atoms with Crippen molar-refractivity contribution in [1.29, 1.82) is 0 Å². The summed E-state index contributed by atoms with van der Waals surface area (Å²) < 4.78 is 2.09. The molecule has 0 aliphatic rings. The molecule has 0 N–H and O–H groups in total. The highest BCUT2D eigenvalue weighted by Crippen LogP contribution is 2.27. The average molecular weight is 355 g/mol. The topological polar surface area (TPSA) is 39.1 Å². The monoisotopic (exact) mass is 355 g/mol. The van der Waals surface area contributed by atoms with Gasteiger partial charge in [0.15, 0.2) is 5.78 Å². The van der Waals surface area contributed by atoms with Crippen LogP contribution in [0.2, 0.25) is 0 Å². The molecule has 0 fully saturated rings. The predicted molar refractivity (Wildman–Crippen MR) is 109 cm³/mol. The highest BCUT2D eigenvalue weighted by atomic mass is 16.1. The molecular formula is C24H21NO2. The summed E-state index contributed by atoms with van der Waals surface area (Å²) in [7, 11) is 0. The zero-order valence-electron chi connectivity index (χ0n) is 15.3. The first-order valence-corrected chi connectivity index (χ1v) is 9.25. The van der Waals surface area contributed by atoms with Crippen molar-refractivity contribution in [3.8, 4) is 0 Å². The first-order valence-electron chi connectivity index (χ1n) is 9.25. The van der Waals surface area contributed by atoms with E-state index in [-0.39, 0.29) is 11.6 Å². The molecule has 0 saturated heterocycles. The zero-order valence-corrected chi connectivity index (χ0v) is 15.3. The number of hydrogen-bond acceptors (Lipinski definition) is 2. The molecule has 0 amide bonds. The number of aryl methyl sites for hydroxylation is 1. The normalized spacial score (nSPS) is 11.1. The van der Waals surface area contributed by atoms with Gasteiger partial charge in [-0.05, 0) is 30.2 Å². The van der Waals surface area contributed by atoms with Gasteiger partial charge >= 0.3 is 0 Å². The summed E-state index contributed by atoms with van der Waals surface area (Å²) in [5.41, 5.74) is 2.47. The Morgan fingerprint density at radius 2 is 1.52 bits per heavy atom. The van der Waals surface area contributed by atoms with Crippen molar-refractivity contribution in [2.45, 2.75) is 26.3 Å². The van der Waals surface area contributed by atoms with Crippen LogP contribution in [0.15, 0.2) is 72.9 Å². The maximum Gasteiger partial charge on any atom is 0.195 e. The fourth-order valence-corrected chi connectivity index (χ4v) is 3.68. The summed E-state index contributed by atoms with van der Waals surface area (Å²) in [6, 6.07) is 21.8. The van der Waals surface area contributed by atoms with E-state index in [1.165, 1.54) is 0 Å². The minimum Gasteiger partial charge on any atom is -0.347 e. The Hall–Kier alpha value is -3.20. The second-order valence-corrected chi connectivity index (χ2v) is 6.91. The molecule has 0 unspecified atom stereocenters. The van der Waals surface area contributed by atoms with E-state index in [0.29, 0.717) is 12.0 Å². The molecule has 4 rings (SSSR count). The molecule has 3 nitrogen and oxygen atoms in total. The number of para-hydroxylation sites is 1. The molecule has 3 heteroatoms. The van der Waals surface area contributed by atoms with Gasteiger partial charge in [0.25, 0.3) is 0 Å². The van der Waals surface area contributed by atoms with Crippen molar-refractivity contribution in [3.05, 3.63) is 84.1 Å². The Balaban J connectivity index is 1.79. The van der Waals surface area contributed by atoms with Crippen molar-refractivity contribution < 1.29 is 9.59 Å². The first kappa shape index (κ1) is 17.2. The van der Waals surface area contributed by atoms with Crippen LogP contribution in [0.1, 0.15) is 35.7 Å². The molecule has 27 heavy (non-hydrogen) atoms. The number of benzene rings is 3. The van der Waals surface area contributed by atoms with Crippen LogP contribution < -0.4 is 0 Å². The summed E-state index contributed by atoms with van der Waals surface area (Å²) in [4.78, 5) is 24.7. The van der Waals surface area contributed by atoms with Gasteiger partial charge in [0.05, 0.1) is 0 Å². The second kappa shape index (κ2) is 7.20. The summed E-state index contributed by atoms with van der Waals surface area (Å²) in [5.74, 6) is 0.229. The fraction of sp³-hybridized carbons (Fsp3) is 0.167. The highest BCUT2D eigenvalue weighted by Gasteiger charge is 2.18. The number of hydrogen-bond donors (Lipinski definition) is 0. The van der Waals surface area contributed by atoms with Crippen LogP contribution >= 0.6 is 0 Å². The first-order chi connectivity index (χ1) is 13.1. The molecule has 0 bridgehead atoms. The van der Waals surface area contributed by atoms with E-state index >= 15 is 0 Å². The molecule has 0 spiro atoms. The lowest BCUT2D eigenvalue weighted by Gasteiger charge is -2.05. The zero-order chi connectivity index (χ0) is 18.8. The molecule has 1 heterocycles. The van der Waals surface area contributed by atoms with Crippen molar-refractivity contribution in [1.82, 2.24) is 4.57 Å². The molecule has 0 aliphatic heterocycles. The molecule has 0 atom stereocenters. The molecule has 0 aliphatic carbocycles. The lowest BCUT2D eigenvalue weighted by atomic mass is 9.97. The number of fused-ring (bicyclic) bond motifs is 2. The van der Waals surface area contributed by atoms with E-state index in [2.05, 4.69) is 4.57 Å². The summed E-state index contributed by atoms with van der Waals surface area (Å²) in [6.07, 6.45) is 3.27. The molecule has 134 valence electrons. The number of aromatic nitrogens is 1. The lowest BCUT2D eigenvalue weighted by Crippen LogP contribution is -2.02. The molecule has 1 aromatic heterocycles. The van der Waals surface area contributed by atoms with Crippen LogP contribution in [0, 0.1) is 0 Å². The van der Waals surface area contributed by atoms with Gasteiger partial charge in [-0.2, -0.15) is 0 Å². The number of rotatable bonds is 6. The SMILES string of the molecule is CC(=O)CCCn1cc(C(=O)c2cccc3ccccc23)c2ccccc21. The smallest absolute Gasteiger partial charge is 0.195 e. The van der Waals surface area contributed by atoms with E-state index in [1.54, 1.807) is 6.92 Å². The maximum atomic E-state index is 13.4. The third-order valence-electron chi connectivity index (χ3n) is 5.00. The minimum atomic E-state index is 0.0355. The quantitative estimate of drug-likeness (QED) is 0.435. The van der Waals surface area contributed by atoms with Gasteiger partial charge in [-0.15, -0.1) is 0 Å². The number of ketones is 2. The largest absolute Gasteiger partial charge is 0.347 e. The maximum absolute atomic E-state index is 13.4. The molecule has 0 saturated carbocycles. The van der Waals surface area contributed by atoms with Crippen LogP contribution in [0.3, 0.4) is 0 Å². The van der Waals surface area contributed by atoms with Crippen LogP contribution in [-0.2, 0) is 11.3 Å². The van der Waals surface area contributed by atoms with Crippen molar-refractivity contribution in [2.24, 2.45) is 0 Å². The predicted octanol–water partition coefficient (Wildman–Crippen LogP) is 5.39. The van der Waals surface area contributed by atoms with Crippen molar-refractivity contribution >= 4 is 33.2 Å². The Bertz CT molecular complexity index is 1150. The second-order valence-electron chi connectivity index (χ2n) is 6.91. The van der Waals surface area contributed by atoms with Gasteiger partial charge in [-0.25, -0.2) is 0 Å². The summed E-state index contributed by atoms with van der Waals surface area (Å²) >= 11 is 0. The van der Waals surface area contributed by atoms with E-state index in [1.807, 2.05) is 72.9 Å². The minimum absolute atomic E-state index is 0.0355. The molecular weight excluding hydrogens is 334 g/mol. The summed E-state index contributed by atoms with van der Waals surface area (Å²) in [6.45, 7) is 2.34. The van der Waals surface area contributed by atoms with E-state index in [4.69, 9.17) is 0 Å². The average Bonchev–Trinajstić information content (AvgIpc) is 3.06. The third-order valence-corrected chi connectivity index (χ3v) is 5.00. The fourth-order valence-electron chi connectivity index (χ4n) is 3.68. The van der Waals surface area contributed by atoms with Crippen LogP contribution in [0.5, 0.6) is 0 Å². The van der Waals surface area contributed by atoms with Crippen LogP contribution in [0.4, 0.5) is 0 Å². The Labute approximate surface area is 158 Å². The van der Waals surface area contributed by atoms with Gasteiger partial charge in [0.2, 0.25) is 0 Å². The van der Waals surface area contributed by atoms with Gasteiger partial charge < -0.3 is 9.36 Å². The van der Waals surface area contributed by atoms with E-state index in [9.17, 15) is 9.59 Å². The van der Waals surface area contributed by atoms with Gasteiger partial charge in [0.1, 0.15) is 5.78 Å². The van der Waals surface area contributed by atoms with Gasteiger partial charge in [0, 0.05) is 41.2 Å². The molecule has 4 aromatic rings. The van der Waals surface area contributed by atoms with Crippen LogP contribution in [-0.4, -0.2) is 16.1 Å².